The molecule has 0 bridgehead atoms. The van der Waals surface area contributed by atoms with Crippen molar-refractivity contribution in [2.75, 3.05) is 0 Å². The van der Waals surface area contributed by atoms with E-state index in [4.69, 9.17) is 5.11 Å². The minimum absolute atomic E-state index is 0.0728. The lowest BCUT2D eigenvalue weighted by molar-refractivity contribution is -0.142. The number of hydrogen-bond donors (Lipinski definition) is 2. The molecule has 1 unspecified atom stereocenters. The Morgan fingerprint density at radius 2 is 2.05 bits per heavy atom. The summed E-state index contributed by atoms with van der Waals surface area (Å²) in [5.41, 5.74) is 0.516. The Balaban J connectivity index is 2.05. The molecule has 98 valence electrons. The van der Waals surface area contributed by atoms with Gasteiger partial charge in [0.2, 0.25) is 5.91 Å². The lowest BCUT2D eigenvalue weighted by Gasteiger charge is -2.14. The number of rotatable bonds is 5. The van der Waals surface area contributed by atoms with E-state index in [1.807, 2.05) is 0 Å². The van der Waals surface area contributed by atoms with Crippen LogP contribution < -0.4 is 5.32 Å². The van der Waals surface area contributed by atoms with E-state index in [0.29, 0.717) is 5.56 Å². The van der Waals surface area contributed by atoms with Gasteiger partial charge in [-0.25, -0.2) is 14.5 Å². The molecule has 0 aliphatic rings. The summed E-state index contributed by atoms with van der Waals surface area (Å²) in [5, 5.41) is 15.4. The van der Waals surface area contributed by atoms with Crippen molar-refractivity contribution in [1.29, 1.82) is 0 Å². The third-order valence-corrected chi connectivity index (χ3v) is 2.46. The molecule has 2 rings (SSSR count). The van der Waals surface area contributed by atoms with Gasteiger partial charge in [-0.1, -0.05) is 30.3 Å². The molecule has 0 radical (unpaired) electrons. The summed E-state index contributed by atoms with van der Waals surface area (Å²) >= 11 is 0. The van der Waals surface area contributed by atoms with Gasteiger partial charge >= 0.3 is 5.97 Å². The summed E-state index contributed by atoms with van der Waals surface area (Å²) in [6.45, 7) is -0.0728. The van der Waals surface area contributed by atoms with Gasteiger partial charge < -0.3 is 10.4 Å². The highest BCUT2D eigenvalue weighted by atomic mass is 16.4. The minimum atomic E-state index is -1.11. The molecule has 7 heteroatoms. The molecule has 0 saturated carbocycles. The topological polar surface area (TPSA) is 97.1 Å². The zero-order valence-corrected chi connectivity index (χ0v) is 9.93. The van der Waals surface area contributed by atoms with Crippen molar-refractivity contribution in [3.63, 3.8) is 0 Å². The summed E-state index contributed by atoms with van der Waals surface area (Å²) < 4.78 is 1.32. The second-order valence-corrected chi connectivity index (χ2v) is 3.84. The van der Waals surface area contributed by atoms with Gasteiger partial charge in [0, 0.05) is 0 Å². The zero-order valence-electron chi connectivity index (χ0n) is 9.93. The van der Waals surface area contributed by atoms with E-state index < -0.39 is 17.9 Å². The number of aliphatic carboxylic acids is 1. The van der Waals surface area contributed by atoms with Crippen LogP contribution in [-0.4, -0.2) is 31.7 Å². The normalized spacial score (nSPS) is 11.8. The highest BCUT2D eigenvalue weighted by Crippen LogP contribution is 2.12. The van der Waals surface area contributed by atoms with E-state index in [-0.39, 0.29) is 6.54 Å². The van der Waals surface area contributed by atoms with Gasteiger partial charge in [0.15, 0.2) is 6.04 Å². The molecule has 7 nitrogen and oxygen atoms in total. The van der Waals surface area contributed by atoms with Gasteiger partial charge in [-0.3, -0.25) is 4.79 Å². The molecule has 0 saturated heterocycles. The SMILES string of the molecule is O=C(Cn1cncn1)NC(C(=O)O)c1ccccc1. The smallest absolute Gasteiger partial charge is 0.330 e. The third-order valence-electron chi connectivity index (χ3n) is 2.46. The number of carboxylic acid groups (broad SMARTS) is 1. The highest BCUT2D eigenvalue weighted by molar-refractivity contribution is 5.84. The molecule has 1 aromatic heterocycles. The largest absolute Gasteiger partial charge is 0.479 e. The lowest BCUT2D eigenvalue weighted by atomic mass is 10.1. The van der Waals surface area contributed by atoms with Gasteiger partial charge in [-0.15, -0.1) is 0 Å². The van der Waals surface area contributed by atoms with E-state index in [2.05, 4.69) is 15.4 Å². The van der Waals surface area contributed by atoms with Crippen LogP contribution in [-0.2, 0) is 16.1 Å². The molecular formula is C12H12N4O3. The first-order valence-electron chi connectivity index (χ1n) is 5.56. The molecule has 0 aliphatic heterocycles. The van der Waals surface area contributed by atoms with Gasteiger partial charge in [0.25, 0.3) is 0 Å². The monoisotopic (exact) mass is 260 g/mol. The number of carbonyl (C=O) groups is 2. The summed E-state index contributed by atoms with van der Waals surface area (Å²) in [4.78, 5) is 26.6. The van der Waals surface area contributed by atoms with Crippen LogP contribution in [0.25, 0.3) is 0 Å². The number of carboxylic acids is 1. The van der Waals surface area contributed by atoms with Gasteiger partial charge in [-0.05, 0) is 5.56 Å². The fourth-order valence-electron chi connectivity index (χ4n) is 1.60. The van der Waals surface area contributed by atoms with Crippen molar-refractivity contribution in [3.05, 3.63) is 48.5 Å². The fourth-order valence-corrected chi connectivity index (χ4v) is 1.60. The first-order valence-corrected chi connectivity index (χ1v) is 5.56. The Bertz CT molecular complexity index is 554. The van der Waals surface area contributed by atoms with Crippen LogP contribution in [0.3, 0.4) is 0 Å². The number of nitrogens with one attached hydrogen (secondary N) is 1. The maximum absolute atomic E-state index is 11.7. The molecule has 1 atom stereocenters. The van der Waals surface area contributed by atoms with Crippen LogP contribution in [0.1, 0.15) is 11.6 Å². The summed E-state index contributed by atoms with van der Waals surface area (Å²) in [7, 11) is 0. The van der Waals surface area contributed by atoms with Crippen molar-refractivity contribution in [2.45, 2.75) is 12.6 Å². The molecule has 1 aromatic carbocycles. The summed E-state index contributed by atoms with van der Waals surface area (Å²) in [6, 6.07) is 7.43. The number of aromatic nitrogens is 3. The Morgan fingerprint density at radius 1 is 1.32 bits per heavy atom. The Morgan fingerprint density at radius 3 is 2.63 bits per heavy atom. The van der Waals surface area contributed by atoms with Crippen LogP contribution in [0.15, 0.2) is 43.0 Å². The molecular weight excluding hydrogens is 248 g/mol. The van der Waals surface area contributed by atoms with Crippen LogP contribution in [0.4, 0.5) is 0 Å². The quantitative estimate of drug-likeness (QED) is 0.801. The number of carbonyl (C=O) groups excluding carboxylic acids is 1. The molecule has 2 N–H and O–H groups in total. The van der Waals surface area contributed by atoms with Crippen molar-refractivity contribution in [3.8, 4) is 0 Å². The van der Waals surface area contributed by atoms with Crippen LogP contribution in [0.5, 0.6) is 0 Å². The second-order valence-electron chi connectivity index (χ2n) is 3.84. The molecule has 0 spiro atoms. The molecule has 19 heavy (non-hydrogen) atoms. The Labute approximate surface area is 108 Å². The third kappa shape index (κ3) is 3.38. The zero-order chi connectivity index (χ0) is 13.7. The van der Waals surface area contributed by atoms with E-state index in [9.17, 15) is 9.59 Å². The summed E-state index contributed by atoms with van der Waals surface area (Å²) in [6.07, 6.45) is 2.69. The number of hydrogen-bond acceptors (Lipinski definition) is 4. The average Bonchev–Trinajstić information content (AvgIpc) is 2.89. The first-order chi connectivity index (χ1) is 9.16. The number of amides is 1. The molecule has 1 heterocycles. The predicted octanol–water partition coefficient (Wildman–Crippen LogP) is 0.220. The maximum Gasteiger partial charge on any atom is 0.330 e. The second kappa shape index (κ2) is 5.76. The van der Waals surface area contributed by atoms with E-state index in [1.54, 1.807) is 30.3 Å². The van der Waals surface area contributed by atoms with Crippen molar-refractivity contribution in [2.24, 2.45) is 0 Å². The van der Waals surface area contributed by atoms with Crippen LogP contribution in [0.2, 0.25) is 0 Å². The predicted molar refractivity (Wildman–Crippen MR) is 65.0 cm³/mol. The molecule has 0 aliphatic carbocycles. The van der Waals surface area contributed by atoms with Crippen molar-refractivity contribution < 1.29 is 14.7 Å². The van der Waals surface area contributed by atoms with Crippen LogP contribution >= 0.6 is 0 Å². The van der Waals surface area contributed by atoms with E-state index in [0.717, 1.165) is 0 Å². The standard InChI is InChI=1S/C12H12N4O3/c17-10(6-16-8-13-7-14-16)15-11(12(18)19)9-4-2-1-3-5-9/h1-5,7-8,11H,6H2,(H,15,17)(H,18,19). The van der Waals surface area contributed by atoms with E-state index >= 15 is 0 Å². The number of benzene rings is 1. The Kier molecular flexibility index (Phi) is 3.87. The molecule has 0 fully saturated rings. The fraction of sp³-hybridized carbons (Fsp3) is 0.167. The average molecular weight is 260 g/mol. The van der Waals surface area contributed by atoms with Crippen LogP contribution in [0, 0.1) is 0 Å². The van der Waals surface area contributed by atoms with Gasteiger partial charge in [0.1, 0.15) is 19.2 Å². The first kappa shape index (κ1) is 12.7. The lowest BCUT2D eigenvalue weighted by Crippen LogP contribution is -2.35. The number of nitrogens with zero attached hydrogens (tertiary/aromatic N) is 3. The highest BCUT2D eigenvalue weighted by Gasteiger charge is 2.21. The van der Waals surface area contributed by atoms with Gasteiger partial charge in [0.05, 0.1) is 0 Å². The van der Waals surface area contributed by atoms with Gasteiger partial charge in [-0.2, -0.15) is 5.10 Å². The molecule has 2 aromatic rings. The maximum atomic E-state index is 11.7. The minimum Gasteiger partial charge on any atom is -0.479 e. The Hall–Kier alpha value is -2.70. The molecule has 1 amide bonds. The summed E-state index contributed by atoms with van der Waals surface area (Å²) in [5.74, 6) is -1.56. The van der Waals surface area contributed by atoms with Crippen molar-refractivity contribution in [1.82, 2.24) is 20.1 Å². The van der Waals surface area contributed by atoms with E-state index in [1.165, 1.54) is 17.3 Å². The van der Waals surface area contributed by atoms with Crippen molar-refractivity contribution >= 4 is 11.9 Å².